The van der Waals surface area contributed by atoms with E-state index in [4.69, 9.17) is 0 Å². The van der Waals surface area contributed by atoms with Crippen molar-refractivity contribution in [2.75, 3.05) is 0 Å². The summed E-state index contributed by atoms with van der Waals surface area (Å²) in [6.45, 7) is 13.0. The Bertz CT molecular complexity index is 539. The van der Waals surface area contributed by atoms with Gasteiger partial charge in [0.2, 0.25) is 5.91 Å². The molecule has 3 heteroatoms. The van der Waals surface area contributed by atoms with E-state index in [9.17, 15) is 9.59 Å². The second-order valence-electron chi connectivity index (χ2n) is 11.2. The van der Waals surface area contributed by atoms with E-state index in [-0.39, 0.29) is 34.5 Å². The summed E-state index contributed by atoms with van der Waals surface area (Å²) >= 11 is 0. The van der Waals surface area contributed by atoms with E-state index in [1.54, 1.807) is 0 Å². The predicted octanol–water partition coefficient (Wildman–Crippen LogP) is 4.88. The van der Waals surface area contributed by atoms with Gasteiger partial charge < -0.3 is 5.32 Å². The van der Waals surface area contributed by atoms with Gasteiger partial charge in [-0.3, -0.25) is 9.59 Å². The van der Waals surface area contributed by atoms with Crippen LogP contribution in [0.1, 0.15) is 92.9 Å². The van der Waals surface area contributed by atoms with Gasteiger partial charge in [0.1, 0.15) is 5.78 Å². The predicted molar refractivity (Wildman–Crippen MR) is 101 cm³/mol. The number of fused-ring (bicyclic) bond motifs is 3. The molecule has 0 aromatic rings. The van der Waals surface area contributed by atoms with E-state index >= 15 is 0 Å². The monoisotopic (exact) mass is 347 g/mol. The van der Waals surface area contributed by atoms with Crippen LogP contribution in [0.25, 0.3) is 0 Å². The first-order valence-corrected chi connectivity index (χ1v) is 10.3. The second kappa shape index (κ2) is 5.82. The molecule has 25 heavy (non-hydrogen) atoms. The van der Waals surface area contributed by atoms with Crippen molar-refractivity contribution in [3.8, 4) is 0 Å². The van der Waals surface area contributed by atoms with Gasteiger partial charge in [-0.15, -0.1) is 0 Å². The van der Waals surface area contributed by atoms with Gasteiger partial charge >= 0.3 is 0 Å². The lowest BCUT2D eigenvalue weighted by atomic mass is 9.49. The van der Waals surface area contributed by atoms with E-state index in [0.29, 0.717) is 10.8 Å². The number of carbonyl (C=O) groups excluding carboxylic acids is 2. The fourth-order valence-corrected chi connectivity index (χ4v) is 5.54. The average Bonchev–Trinajstić information content (AvgIpc) is 2.45. The van der Waals surface area contributed by atoms with Crippen LogP contribution in [0, 0.1) is 28.1 Å². The molecule has 2 bridgehead atoms. The third-order valence-corrected chi connectivity index (χ3v) is 7.91. The highest BCUT2D eigenvalue weighted by Gasteiger charge is 2.55. The molecule has 142 valence electrons. The van der Waals surface area contributed by atoms with Crippen LogP contribution in [0.3, 0.4) is 0 Å². The number of amides is 1. The summed E-state index contributed by atoms with van der Waals surface area (Å²) < 4.78 is 0. The molecule has 0 radical (unpaired) electrons. The average molecular weight is 348 g/mol. The second-order valence-corrected chi connectivity index (χ2v) is 11.2. The smallest absolute Gasteiger partial charge is 0.224 e. The number of rotatable bonds is 3. The van der Waals surface area contributed by atoms with Crippen molar-refractivity contribution in [2.45, 2.75) is 98.4 Å². The lowest BCUT2D eigenvalue weighted by Crippen LogP contribution is -2.61. The molecule has 4 aliphatic carbocycles. The molecule has 0 aliphatic heterocycles. The van der Waals surface area contributed by atoms with Gasteiger partial charge in [-0.25, -0.2) is 0 Å². The molecular formula is C22H37NO2. The maximum absolute atomic E-state index is 12.9. The van der Waals surface area contributed by atoms with Gasteiger partial charge in [0.15, 0.2) is 0 Å². The zero-order valence-corrected chi connectivity index (χ0v) is 17.1. The van der Waals surface area contributed by atoms with Crippen molar-refractivity contribution in [2.24, 2.45) is 28.1 Å². The third-order valence-electron chi connectivity index (χ3n) is 7.91. The first-order chi connectivity index (χ1) is 11.4. The van der Waals surface area contributed by atoms with Crippen molar-refractivity contribution in [3.05, 3.63) is 0 Å². The zero-order valence-electron chi connectivity index (χ0n) is 17.1. The third kappa shape index (κ3) is 3.17. The molecule has 4 rings (SSSR count). The minimum Gasteiger partial charge on any atom is -0.350 e. The number of nitrogens with one attached hydrogen (secondary N) is 1. The lowest BCUT2D eigenvalue weighted by Gasteiger charge is -2.59. The van der Waals surface area contributed by atoms with Gasteiger partial charge in [-0.1, -0.05) is 41.5 Å². The zero-order chi connectivity index (χ0) is 18.7. The summed E-state index contributed by atoms with van der Waals surface area (Å²) in [6.07, 6.45) is 8.78. The Morgan fingerprint density at radius 2 is 1.28 bits per heavy atom. The van der Waals surface area contributed by atoms with Crippen LogP contribution in [-0.4, -0.2) is 17.2 Å². The summed E-state index contributed by atoms with van der Waals surface area (Å²) in [5.41, 5.74) is 0.474. The van der Waals surface area contributed by atoms with Crippen molar-refractivity contribution >= 4 is 11.7 Å². The Labute approximate surface area is 153 Å². The molecule has 0 aromatic carbocycles. The highest BCUT2D eigenvalue weighted by Crippen LogP contribution is 2.60. The fourth-order valence-electron chi connectivity index (χ4n) is 5.54. The molecule has 0 aromatic heterocycles. The summed E-state index contributed by atoms with van der Waals surface area (Å²) in [7, 11) is 0. The topological polar surface area (TPSA) is 46.2 Å². The molecule has 0 heterocycles. The molecule has 1 amide bonds. The Hall–Kier alpha value is -0.860. The van der Waals surface area contributed by atoms with Crippen molar-refractivity contribution < 1.29 is 9.59 Å². The van der Waals surface area contributed by atoms with E-state index in [0.717, 1.165) is 32.1 Å². The van der Waals surface area contributed by atoms with Crippen LogP contribution >= 0.6 is 0 Å². The highest BCUT2D eigenvalue weighted by atomic mass is 16.2. The van der Waals surface area contributed by atoms with Gasteiger partial charge in [0.25, 0.3) is 0 Å². The molecule has 2 atom stereocenters. The van der Waals surface area contributed by atoms with Crippen LogP contribution in [-0.2, 0) is 9.59 Å². The summed E-state index contributed by atoms with van der Waals surface area (Å²) in [6, 6.07) is 0. The summed E-state index contributed by atoms with van der Waals surface area (Å²) in [5, 5.41) is 3.44. The largest absolute Gasteiger partial charge is 0.350 e. The van der Waals surface area contributed by atoms with Crippen LogP contribution in [0.2, 0.25) is 0 Å². The lowest BCUT2D eigenvalue weighted by molar-refractivity contribution is -0.146. The minimum atomic E-state index is -0.343. The van der Waals surface area contributed by atoms with Crippen molar-refractivity contribution in [1.29, 1.82) is 0 Å². The van der Waals surface area contributed by atoms with Crippen LogP contribution in [0.4, 0.5) is 0 Å². The molecule has 4 aliphatic rings. The molecule has 0 saturated heterocycles. The fraction of sp³-hybridized carbons (Fsp3) is 0.909. The minimum absolute atomic E-state index is 0.00893. The summed E-state index contributed by atoms with van der Waals surface area (Å²) in [4.78, 5) is 25.5. The van der Waals surface area contributed by atoms with E-state index < -0.39 is 0 Å². The number of Topliss-reactive ketones (excluding diaryl/α,β-unsaturated/α-hetero) is 1. The number of hydrogen-bond acceptors (Lipinski definition) is 2. The van der Waals surface area contributed by atoms with Gasteiger partial charge in [0.05, 0.1) is 0 Å². The Balaban J connectivity index is 1.63. The SMILES string of the molecule is CC(C)(C)C(=O)C1CCC1C(=O)NC12CCC(C(C)(C)C)(CC1)CC2. The number of hydrogen-bond donors (Lipinski definition) is 1. The van der Waals surface area contributed by atoms with E-state index in [1.807, 2.05) is 20.8 Å². The molecule has 2 unspecified atom stereocenters. The molecule has 3 nitrogen and oxygen atoms in total. The standard InChI is InChI=1S/C22H37NO2/c1-19(2,3)17(24)15-7-8-16(15)18(25)23-22-12-9-21(10-13-22,11-14-22)20(4,5)6/h15-16H,7-14H2,1-6H3,(H,23,25). The Kier molecular flexibility index (Phi) is 4.41. The Morgan fingerprint density at radius 3 is 1.64 bits per heavy atom. The normalized spacial score (nSPS) is 38.2. The van der Waals surface area contributed by atoms with Gasteiger partial charge in [-0.2, -0.15) is 0 Å². The van der Waals surface area contributed by atoms with Crippen LogP contribution < -0.4 is 5.32 Å². The quantitative estimate of drug-likeness (QED) is 0.790. The van der Waals surface area contributed by atoms with Gasteiger partial charge in [-0.05, 0) is 62.2 Å². The Morgan fingerprint density at radius 1 is 0.800 bits per heavy atom. The number of ketones is 1. The molecule has 1 N–H and O–H groups in total. The number of carbonyl (C=O) groups is 2. The maximum atomic E-state index is 12.9. The molecule has 0 spiro atoms. The van der Waals surface area contributed by atoms with Crippen molar-refractivity contribution in [3.63, 3.8) is 0 Å². The van der Waals surface area contributed by atoms with Crippen molar-refractivity contribution in [1.82, 2.24) is 5.32 Å². The first kappa shape index (κ1) is 18.9. The van der Waals surface area contributed by atoms with Crippen LogP contribution in [0.15, 0.2) is 0 Å². The summed E-state index contributed by atoms with van der Waals surface area (Å²) in [5.74, 6) is 0.268. The molecular weight excluding hydrogens is 310 g/mol. The maximum Gasteiger partial charge on any atom is 0.224 e. The van der Waals surface area contributed by atoms with E-state index in [2.05, 4.69) is 26.1 Å². The highest BCUT2D eigenvalue weighted by molar-refractivity contribution is 5.93. The molecule has 4 saturated carbocycles. The van der Waals surface area contributed by atoms with Gasteiger partial charge in [0, 0.05) is 22.8 Å². The van der Waals surface area contributed by atoms with Crippen LogP contribution in [0.5, 0.6) is 0 Å². The molecule has 4 fully saturated rings. The first-order valence-electron chi connectivity index (χ1n) is 10.3. The van der Waals surface area contributed by atoms with E-state index in [1.165, 1.54) is 19.3 Å².